The monoisotopic (exact) mass is 218 g/mol. The zero-order valence-corrected chi connectivity index (χ0v) is 8.98. The van der Waals surface area contributed by atoms with Crippen LogP contribution in [0.4, 0.5) is 8.78 Å². The van der Waals surface area contributed by atoms with Crippen LogP contribution in [-0.4, -0.2) is 5.38 Å². The Morgan fingerprint density at radius 2 is 2.00 bits per heavy atom. The van der Waals surface area contributed by atoms with Crippen molar-refractivity contribution in [2.45, 2.75) is 31.6 Å². The van der Waals surface area contributed by atoms with Crippen LogP contribution in [0.1, 0.15) is 31.7 Å². The molecule has 0 nitrogen and oxygen atoms in total. The quantitative estimate of drug-likeness (QED) is 0.671. The zero-order chi connectivity index (χ0) is 10.7. The van der Waals surface area contributed by atoms with Crippen molar-refractivity contribution in [3.05, 3.63) is 35.4 Å². The van der Waals surface area contributed by atoms with E-state index in [-0.39, 0.29) is 11.3 Å². The first-order valence-corrected chi connectivity index (χ1v) is 5.09. The van der Waals surface area contributed by atoms with Crippen LogP contribution in [0, 0.1) is 11.6 Å². The predicted octanol–water partition coefficient (Wildman–Crippen LogP) is 4.09. The first-order valence-electron chi connectivity index (χ1n) is 4.65. The van der Waals surface area contributed by atoms with Crippen LogP contribution in [0.2, 0.25) is 0 Å². The number of halogens is 3. The largest absolute Gasteiger partial charge is 0.204 e. The Morgan fingerprint density at radius 1 is 1.36 bits per heavy atom. The molecule has 0 radical (unpaired) electrons. The molecule has 0 fully saturated rings. The van der Waals surface area contributed by atoms with Gasteiger partial charge in [-0.15, -0.1) is 11.6 Å². The van der Waals surface area contributed by atoms with Gasteiger partial charge in [-0.25, -0.2) is 8.78 Å². The van der Waals surface area contributed by atoms with E-state index in [1.165, 1.54) is 6.07 Å². The number of rotatable bonds is 3. The minimum absolute atomic E-state index is 0.161. The zero-order valence-electron chi connectivity index (χ0n) is 8.23. The molecule has 2 unspecified atom stereocenters. The van der Waals surface area contributed by atoms with Gasteiger partial charge in [-0.1, -0.05) is 26.0 Å². The number of hydrogen-bond donors (Lipinski definition) is 0. The van der Waals surface area contributed by atoms with E-state index in [1.54, 1.807) is 13.0 Å². The maximum atomic E-state index is 13.3. The Kier molecular flexibility index (Phi) is 3.87. The summed E-state index contributed by atoms with van der Waals surface area (Å²) in [5, 5.41) is -0.161. The third-order valence-corrected chi connectivity index (χ3v) is 3.09. The van der Waals surface area contributed by atoms with Crippen LogP contribution in [0.3, 0.4) is 0 Å². The molecule has 0 aliphatic heterocycles. The Labute approximate surface area is 87.9 Å². The third kappa shape index (κ3) is 2.24. The van der Waals surface area contributed by atoms with Gasteiger partial charge in [0.2, 0.25) is 0 Å². The molecule has 0 bridgehead atoms. The fourth-order valence-corrected chi connectivity index (χ4v) is 1.56. The van der Waals surface area contributed by atoms with Crippen LogP contribution in [0.5, 0.6) is 0 Å². The molecule has 0 amide bonds. The summed E-state index contributed by atoms with van der Waals surface area (Å²) in [7, 11) is 0. The highest BCUT2D eigenvalue weighted by molar-refractivity contribution is 6.21. The molecule has 2 atom stereocenters. The van der Waals surface area contributed by atoms with Gasteiger partial charge < -0.3 is 0 Å². The van der Waals surface area contributed by atoms with Crippen LogP contribution in [-0.2, 0) is 0 Å². The molecule has 1 rings (SSSR count). The van der Waals surface area contributed by atoms with Crippen LogP contribution < -0.4 is 0 Å². The molecule has 0 saturated carbocycles. The minimum Gasteiger partial charge on any atom is -0.204 e. The van der Waals surface area contributed by atoms with Crippen molar-refractivity contribution in [3.8, 4) is 0 Å². The van der Waals surface area contributed by atoms with Crippen LogP contribution >= 0.6 is 11.6 Å². The van der Waals surface area contributed by atoms with E-state index in [9.17, 15) is 8.78 Å². The molecule has 0 aromatic heterocycles. The topological polar surface area (TPSA) is 0 Å². The highest BCUT2D eigenvalue weighted by Gasteiger charge is 2.19. The molecule has 78 valence electrons. The summed E-state index contributed by atoms with van der Waals surface area (Å²) in [6.45, 7) is 3.73. The Bertz CT molecular complexity index is 312. The van der Waals surface area contributed by atoms with Crippen molar-refractivity contribution < 1.29 is 8.78 Å². The smallest absolute Gasteiger partial charge is 0.162 e. The second-order valence-corrected chi connectivity index (χ2v) is 3.92. The van der Waals surface area contributed by atoms with Crippen molar-refractivity contribution in [1.29, 1.82) is 0 Å². The third-order valence-electron chi connectivity index (χ3n) is 2.40. The van der Waals surface area contributed by atoms with Gasteiger partial charge in [-0.3, -0.25) is 0 Å². The van der Waals surface area contributed by atoms with Gasteiger partial charge in [0.05, 0.1) is 0 Å². The fraction of sp³-hybridized carbons (Fsp3) is 0.455. The van der Waals surface area contributed by atoms with Gasteiger partial charge in [0.1, 0.15) is 0 Å². The van der Waals surface area contributed by atoms with Crippen LogP contribution in [0.15, 0.2) is 18.2 Å². The average Bonchev–Trinajstić information content (AvgIpc) is 2.20. The molecule has 0 heterocycles. The highest BCUT2D eigenvalue weighted by Crippen LogP contribution is 2.28. The van der Waals surface area contributed by atoms with Gasteiger partial charge in [0.15, 0.2) is 11.6 Å². The lowest BCUT2D eigenvalue weighted by atomic mass is 9.95. The Hall–Kier alpha value is -0.630. The van der Waals surface area contributed by atoms with Gasteiger partial charge in [0, 0.05) is 11.3 Å². The van der Waals surface area contributed by atoms with Crippen molar-refractivity contribution in [2.75, 3.05) is 0 Å². The SMILES string of the molecule is CCC(Cl)C(C)c1cccc(F)c1F. The standard InChI is InChI=1S/C11H13ClF2/c1-3-9(12)7(2)8-5-4-6-10(13)11(8)14/h4-7,9H,3H2,1-2H3. The second kappa shape index (κ2) is 4.74. The fourth-order valence-electron chi connectivity index (χ4n) is 1.42. The van der Waals surface area contributed by atoms with Gasteiger partial charge >= 0.3 is 0 Å². The molecule has 0 N–H and O–H groups in total. The van der Waals surface area contributed by atoms with Crippen molar-refractivity contribution >= 4 is 11.6 Å². The Morgan fingerprint density at radius 3 is 2.57 bits per heavy atom. The van der Waals surface area contributed by atoms with E-state index in [2.05, 4.69) is 0 Å². The molecule has 0 saturated heterocycles. The van der Waals surface area contributed by atoms with E-state index in [0.29, 0.717) is 5.56 Å². The van der Waals surface area contributed by atoms with Gasteiger partial charge in [0.25, 0.3) is 0 Å². The normalized spacial score (nSPS) is 15.2. The second-order valence-electron chi connectivity index (χ2n) is 3.36. The summed E-state index contributed by atoms with van der Waals surface area (Å²) < 4.78 is 26.2. The lowest BCUT2D eigenvalue weighted by Crippen LogP contribution is -2.10. The molecule has 0 spiro atoms. The predicted molar refractivity (Wildman–Crippen MR) is 54.7 cm³/mol. The van der Waals surface area contributed by atoms with E-state index in [1.807, 2.05) is 6.92 Å². The van der Waals surface area contributed by atoms with E-state index < -0.39 is 11.6 Å². The summed E-state index contributed by atoms with van der Waals surface area (Å²) in [4.78, 5) is 0. The molecule has 0 aliphatic rings. The van der Waals surface area contributed by atoms with Gasteiger partial charge in [-0.05, 0) is 18.1 Å². The lowest BCUT2D eigenvalue weighted by Gasteiger charge is -2.17. The minimum atomic E-state index is -0.811. The molecule has 14 heavy (non-hydrogen) atoms. The molecule has 1 aromatic carbocycles. The molecule has 3 heteroatoms. The van der Waals surface area contributed by atoms with Crippen molar-refractivity contribution in [3.63, 3.8) is 0 Å². The lowest BCUT2D eigenvalue weighted by molar-refractivity contribution is 0.487. The summed E-state index contributed by atoms with van der Waals surface area (Å²) >= 11 is 5.99. The number of hydrogen-bond acceptors (Lipinski definition) is 0. The average molecular weight is 219 g/mol. The van der Waals surface area contributed by atoms with E-state index in [0.717, 1.165) is 12.5 Å². The van der Waals surface area contributed by atoms with Crippen molar-refractivity contribution in [2.24, 2.45) is 0 Å². The first kappa shape index (κ1) is 11.4. The molecular formula is C11H13ClF2. The van der Waals surface area contributed by atoms with E-state index >= 15 is 0 Å². The molecule has 0 aliphatic carbocycles. The first-order chi connectivity index (χ1) is 6.57. The van der Waals surface area contributed by atoms with Crippen molar-refractivity contribution in [1.82, 2.24) is 0 Å². The highest BCUT2D eigenvalue weighted by atomic mass is 35.5. The summed E-state index contributed by atoms with van der Waals surface area (Å²) in [5.74, 6) is -1.76. The summed E-state index contributed by atoms with van der Waals surface area (Å²) in [6.07, 6.45) is 0.735. The van der Waals surface area contributed by atoms with Crippen LogP contribution in [0.25, 0.3) is 0 Å². The molecular weight excluding hydrogens is 206 g/mol. The maximum Gasteiger partial charge on any atom is 0.162 e. The Balaban J connectivity index is 3.01. The van der Waals surface area contributed by atoms with Gasteiger partial charge in [-0.2, -0.15) is 0 Å². The number of benzene rings is 1. The molecule has 1 aromatic rings. The number of alkyl halides is 1. The maximum absolute atomic E-state index is 13.3. The van der Waals surface area contributed by atoms with E-state index in [4.69, 9.17) is 11.6 Å². The summed E-state index contributed by atoms with van der Waals surface area (Å²) in [5.41, 5.74) is 0.354. The summed E-state index contributed by atoms with van der Waals surface area (Å²) in [6, 6.07) is 4.19.